The fourth-order valence-corrected chi connectivity index (χ4v) is 3.20. The number of fused-ring (bicyclic) bond motifs is 1. The molecule has 0 unspecified atom stereocenters. The Morgan fingerprint density at radius 3 is 2.74 bits per heavy atom. The van der Waals surface area contributed by atoms with Crippen LogP contribution in [0.25, 0.3) is 10.9 Å². The third kappa shape index (κ3) is 4.74. The van der Waals surface area contributed by atoms with Crippen molar-refractivity contribution in [2.75, 3.05) is 17.7 Å². The van der Waals surface area contributed by atoms with E-state index in [0.717, 1.165) is 5.39 Å². The van der Waals surface area contributed by atoms with Crippen LogP contribution in [0, 0.1) is 17.1 Å². The predicted octanol–water partition coefficient (Wildman–Crippen LogP) is 4.38. The first-order valence-corrected chi connectivity index (χ1v) is 9.23. The number of carbonyl (C=O) groups is 1. The predicted molar refractivity (Wildman–Crippen MR) is 103 cm³/mol. The molecular weight excluding hydrogens is 365 g/mol. The van der Waals surface area contributed by atoms with E-state index in [4.69, 9.17) is 4.74 Å². The van der Waals surface area contributed by atoms with Gasteiger partial charge in [0.15, 0.2) is 0 Å². The van der Waals surface area contributed by atoms with Gasteiger partial charge in [-0.05, 0) is 49.4 Å². The summed E-state index contributed by atoms with van der Waals surface area (Å²) in [5, 5.41) is 13.4. The summed E-state index contributed by atoms with van der Waals surface area (Å²) >= 11 is 1.18. The number of pyridine rings is 1. The fraction of sp³-hybridized carbons (Fsp3) is 0.150. The number of thioether (sulfide) groups is 1. The minimum atomic E-state index is -0.368. The molecule has 0 fully saturated rings. The Morgan fingerprint density at radius 1 is 1.26 bits per heavy atom. The maximum absolute atomic E-state index is 12.9. The van der Waals surface area contributed by atoms with Crippen LogP contribution >= 0.6 is 11.8 Å². The first-order valence-electron chi connectivity index (χ1n) is 8.25. The molecule has 0 saturated heterocycles. The SMILES string of the molecule is CCOc1ccc2cc(C#N)c(SCC(=O)Nc3ccc(F)cc3)nc2c1. The highest BCUT2D eigenvalue weighted by atomic mass is 32.2. The van der Waals surface area contributed by atoms with Gasteiger partial charge in [0.25, 0.3) is 0 Å². The number of rotatable bonds is 6. The van der Waals surface area contributed by atoms with Crippen molar-refractivity contribution in [1.82, 2.24) is 4.98 Å². The number of nitrogens with zero attached hydrogens (tertiary/aromatic N) is 2. The van der Waals surface area contributed by atoms with E-state index < -0.39 is 0 Å². The van der Waals surface area contributed by atoms with Crippen LogP contribution in [0.4, 0.5) is 10.1 Å². The summed E-state index contributed by atoms with van der Waals surface area (Å²) in [6.45, 7) is 2.45. The Morgan fingerprint density at radius 2 is 2.04 bits per heavy atom. The number of ether oxygens (including phenoxy) is 1. The number of anilines is 1. The van der Waals surface area contributed by atoms with Gasteiger partial charge in [-0.15, -0.1) is 0 Å². The first kappa shape index (κ1) is 18.7. The van der Waals surface area contributed by atoms with Crippen molar-refractivity contribution in [3.8, 4) is 11.8 Å². The van der Waals surface area contributed by atoms with Gasteiger partial charge >= 0.3 is 0 Å². The summed E-state index contributed by atoms with van der Waals surface area (Å²) in [4.78, 5) is 16.6. The van der Waals surface area contributed by atoms with E-state index in [-0.39, 0.29) is 17.5 Å². The molecule has 0 aliphatic heterocycles. The average Bonchev–Trinajstić information content (AvgIpc) is 2.67. The molecule has 0 aliphatic carbocycles. The maximum atomic E-state index is 12.9. The zero-order valence-corrected chi connectivity index (χ0v) is 15.3. The molecule has 5 nitrogen and oxygen atoms in total. The molecule has 0 atom stereocenters. The van der Waals surface area contributed by atoms with Crippen LogP contribution in [0.3, 0.4) is 0 Å². The van der Waals surface area contributed by atoms with Gasteiger partial charge in [-0.1, -0.05) is 11.8 Å². The minimum Gasteiger partial charge on any atom is -0.494 e. The molecule has 136 valence electrons. The monoisotopic (exact) mass is 381 g/mol. The zero-order valence-electron chi connectivity index (χ0n) is 14.5. The van der Waals surface area contributed by atoms with Crippen molar-refractivity contribution in [2.45, 2.75) is 11.9 Å². The van der Waals surface area contributed by atoms with Crippen LogP contribution in [-0.4, -0.2) is 23.3 Å². The Balaban J connectivity index is 1.75. The molecule has 1 amide bonds. The molecule has 3 rings (SSSR count). The van der Waals surface area contributed by atoms with E-state index in [9.17, 15) is 14.4 Å². The Hall–Kier alpha value is -3.11. The van der Waals surface area contributed by atoms with E-state index in [1.54, 1.807) is 6.07 Å². The molecule has 1 N–H and O–H groups in total. The lowest BCUT2D eigenvalue weighted by Crippen LogP contribution is -2.14. The quantitative estimate of drug-likeness (QED) is 0.642. The molecule has 2 aromatic carbocycles. The molecular formula is C20H16FN3O2S. The number of halogens is 1. The second-order valence-corrected chi connectivity index (χ2v) is 6.55. The highest BCUT2D eigenvalue weighted by molar-refractivity contribution is 8.00. The van der Waals surface area contributed by atoms with Crippen molar-refractivity contribution in [1.29, 1.82) is 5.26 Å². The fourth-order valence-electron chi connectivity index (χ4n) is 2.44. The van der Waals surface area contributed by atoms with Crippen LogP contribution in [0.15, 0.2) is 53.6 Å². The number of carbonyl (C=O) groups excluding carboxylic acids is 1. The molecule has 27 heavy (non-hydrogen) atoms. The minimum absolute atomic E-state index is 0.0791. The third-order valence-electron chi connectivity index (χ3n) is 3.65. The van der Waals surface area contributed by atoms with Crippen LogP contribution in [0.1, 0.15) is 12.5 Å². The average molecular weight is 381 g/mol. The van der Waals surface area contributed by atoms with Gasteiger partial charge in [-0.3, -0.25) is 4.79 Å². The van der Waals surface area contributed by atoms with Crippen LogP contribution in [-0.2, 0) is 4.79 Å². The number of hydrogen-bond acceptors (Lipinski definition) is 5. The number of benzene rings is 2. The topological polar surface area (TPSA) is 75.0 Å². The van der Waals surface area contributed by atoms with Gasteiger partial charge in [0.05, 0.1) is 23.4 Å². The number of nitrogens with one attached hydrogen (secondary N) is 1. The van der Waals surface area contributed by atoms with Crippen molar-refractivity contribution >= 4 is 34.3 Å². The van der Waals surface area contributed by atoms with Gasteiger partial charge in [0.2, 0.25) is 5.91 Å². The normalized spacial score (nSPS) is 10.4. The van der Waals surface area contributed by atoms with E-state index in [1.807, 2.05) is 25.1 Å². The Labute approximate surface area is 160 Å². The Bertz CT molecular complexity index is 1020. The van der Waals surface area contributed by atoms with Gasteiger partial charge in [-0.25, -0.2) is 9.37 Å². The van der Waals surface area contributed by atoms with E-state index in [0.29, 0.717) is 34.1 Å². The first-order chi connectivity index (χ1) is 13.1. The largest absolute Gasteiger partial charge is 0.494 e. The van der Waals surface area contributed by atoms with Crippen LogP contribution < -0.4 is 10.1 Å². The van der Waals surface area contributed by atoms with Crippen molar-refractivity contribution in [3.05, 3.63) is 59.9 Å². The van der Waals surface area contributed by atoms with Gasteiger partial charge in [0, 0.05) is 17.1 Å². The van der Waals surface area contributed by atoms with Crippen molar-refractivity contribution < 1.29 is 13.9 Å². The summed E-state index contributed by atoms with van der Waals surface area (Å²) in [7, 11) is 0. The maximum Gasteiger partial charge on any atom is 0.234 e. The van der Waals surface area contributed by atoms with Gasteiger partial charge < -0.3 is 10.1 Å². The molecule has 7 heteroatoms. The molecule has 1 aromatic heterocycles. The second-order valence-electron chi connectivity index (χ2n) is 5.58. The van der Waals surface area contributed by atoms with Crippen molar-refractivity contribution in [2.24, 2.45) is 0 Å². The second kappa shape index (κ2) is 8.52. The van der Waals surface area contributed by atoms with Crippen molar-refractivity contribution in [3.63, 3.8) is 0 Å². The van der Waals surface area contributed by atoms with Gasteiger partial charge in [-0.2, -0.15) is 5.26 Å². The lowest BCUT2D eigenvalue weighted by atomic mass is 10.1. The van der Waals surface area contributed by atoms with E-state index in [1.165, 1.54) is 36.0 Å². The molecule has 0 aliphatic rings. The molecule has 1 heterocycles. The number of hydrogen-bond donors (Lipinski definition) is 1. The summed E-state index contributed by atoms with van der Waals surface area (Å²) in [6.07, 6.45) is 0. The third-order valence-corrected chi connectivity index (χ3v) is 4.64. The molecule has 0 radical (unpaired) electrons. The Kier molecular flexibility index (Phi) is 5.89. The van der Waals surface area contributed by atoms with Crippen LogP contribution in [0.2, 0.25) is 0 Å². The van der Waals surface area contributed by atoms with Crippen LogP contribution in [0.5, 0.6) is 5.75 Å². The zero-order chi connectivity index (χ0) is 19.2. The lowest BCUT2D eigenvalue weighted by molar-refractivity contribution is -0.113. The standard InChI is InChI=1S/C20H16FN3O2S/c1-2-26-17-8-3-13-9-14(11-22)20(24-18(13)10-17)27-12-19(25)23-16-6-4-15(21)5-7-16/h3-10H,2,12H2,1H3,(H,23,25). The summed E-state index contributed by atoms with van der Waals surface area (Å²) < 4.78 is 18.4. The summed E-state index contributed by atoms with van der Waals surface area (Å²) in [5.41, 5.74) is 1.61. The van der Waals surface area contributed by atoms with Gasteiger partial charge in [0.1, 0.15) is 22.7 Å². The summed E-state index contributed by atoms with van der Waals surface area (Å²) in [6, 6.07) is 14.9. The lowest BCUT2D eigenvalue weighted by Gasteiger charge is -2.08. The van der Waals surface area contributed by atoms with E-state index >= 15 is 0 Å². The summed E-state index contributed by atoms with van der Waals surface area (Å²) in [5.74, 6) is 0.149. The number of nitriles is 1. The smallest absolute Gasteiger partial charge is 0.234 e. The molecule has 3 aromatic rings. The molecule has 0 spiro atoms. The number of amides is 1. The highest BCUT2D eigenvalue weighted by Gasteiger charge is 2.11. The van der Waals surface area contributed by atoms with E-state index in [2.05, 4.69) is 16.4 Å². The molecule has 0 bridgehead atoms. The number of aromatic nitrogens is 1. The molecule has 0 saturated carbocycles. The highest BCUT2D eigenvalue weighted by Crippen LogP contribution is 2.27.